The molecule has 2 nitrogen and oxygen atoms in total. The molecule has 0 atom stereocenters. The standard InChI is InChI=1S/C16H18O2/c1-12-8-10-14(11-9-12)16(18)7-3-5-13-4-2-6-15(13)17/h4,8-11H,2-3,5-7H2,1H3. The summed E-state index contributed by atoms with van der Waals surface area (Å²) in [5, 5.41) is 0. The molecule has 94 valence electrons. The first-order chi connectivity index (χ1) is 8.66. The molecule has 0 heterocycles. The van der Waals surface area contributed by atoms with Crippen molar-refractivity contribution >= 4 is 11.6 Å². The fourth-order valence-corrected chi connectivity index (χ4v) is 2.22. The van der Waals surface area contributed by atoms with Crippen molar-refractivity contribution in [3.8, 4) is 0 Å². The van der Waals surface area contributed by atoms with Crippen molar-refractivity contribution in [1.82, 2.24) is 0 Å². The van der Waals surface area contributed by atoms with Gasteiger partial charge in [-0.2, -0.15) is 0 Å². The molecule has 0 unspecified atom stereocenters. The number of allylic oxidation sites excluding steroid dienone is 2. The van der Waals surface area contributed by atoms with Gasteiger partial charge in [-0.1, -0.05) is 35.9 Å². The molecule has 0 aromatic heterocycles. The lowest BCUT2D eigenvalue weighted by Crippen LogP contribution is -2.01. The summed E-state index contributed by atoms with van der Waals surface area (Å²) >= 11 is 0. The van der Waals surface area contributed by atoms with Crippen molar-refractivity contribution < 1.29 is 9.59 Å². The highest BCUT2D eigenvalue weighted by Crippen LogP contribution is 2.20. The first-order valence-corrected chi connectivity index (χ1v) is 6.49. The first-order valence-electron chi connectivity index (χ1n) is 6.49. The minimum Gasteiger partial charge on any atom is -0.295 e. The van der Waals surface area contributed by atoms with Gasteiger partial charge in [0.15, 0.2) is 11.6 Å². The maximum atomic E-state index is 11.9. The van der Waals surface area contributed by atoms with E-state index in [1.165, 1.54) is 0 Å². The molecule has 1 aliphatic carbocycles. The predicted molar refractivity (Wildman–Crippen MR) is 71.7 cm³/mol. The molecule has 1 aromatic rings. The number of carbonyl (C=O) groups excluding carboxylic acids is 2. The van der Waals surface area contributed by atoms with Crippen LogP contribution in [0, 0.1) is 6.92 Å². The lowest BCUT2D eigenvalue weighted by Gasteiger charge is -2.02. The zero-order chi connectivity index (χ0) is 13.0. The summed E-state index contributed by atoms with van der Waals surface area (Å²) in [7, 11) is 0. The van der Waals surface area contributed by atoms with E-state index in [-0.39, 0.29) is 11.6 Å². The molecule has 18 heavy (non-hydrogen) atoms. The average molecular weight is 242 g/mol. The number of Topliss-reactive ketones (excluding diaryl/α,β-unsaturated/α-hetero) is 2. The van der Waals surface area contributed by atoms with E-state index < -0.39 is 0 Å². The fourth-order valence-electron chi connectivity index (χ4n) is 2.22. The van der Waals surface area contributed by atoms with E-state index in [2.05, 4.69) is 0 Å². The van der Waals surface area contributed by atoms with Gasteiger partial charge in [-0.3, -0.25) is 9.59 Å². The van der Waals surface area contributed by atoms with Crippen molar-refractivity contribution in [2.45, 2.75) is 39.0 Å². The largest absolute Gasteiger partial charge is 0.295 e. The van der Waals surface area contributed by atoms with Crippen LogP contribution >= 0.6 is 0 Å². The highest BCUT2D eigenvalue weighted by molar-refractivity contribution is 5.98. The Morgan fingerprint density at radius 3 is 2.56 bits per heavy atom. The summed E-state index contributed by atoms with van der Waals surface area (Å²) in [4.78, 5) is 23.3. The average Bonchev–Trinajstić information content (AvgIpc) is 2.76. The molecule has 0 saturated heterocycles. The van der Waals surface area contributed by atoms with Gasteiger partial charge in [-0.05, 0) is 31.8 Å². The zero-order valence-electron chi connectivity index (χ0n) is 10.7. The Balaban J connectivity index is 1.82. The second-order valence-electron chi connectivity index (χ2n) is 4.83. The van der Waals surface area contributed by atoms with Crippen LogP contribution in [0.1, 0.15) is 48.0 Å². The highest BCUT2D eigenvalue weighted by Gasteiger charge is 2.15. The summed E-state index contributed by atoms with van der Waals surface area (Å²) in [6, 6.07) is 7.65. The van der Waals surface area contributed by atoms with E-state index in [0.29, 0.717) is 12.8 Å². The van der Waals surface area contributed by atoms with Gasteiger partial charge in [0.2, 0.25) is 0 Å². The van der Waals surface area contributed by atoms with Gasteiger partial charge in [0.25, 0.3) is 0 Å². The molecule has 1 aromatic carbocycles. The van der Waals surface area contributed by atoms with Crippen LogP contribution in [0.5, 0.6) is 0 Å². The van der Waals surface area contributed by atoms with Crippen molar-refractivity contribution in [3.05, 3.63) is 47.0 Å². The second kappa shape index (κ2) is 5.76. The molecule has 0 spiro atoms. The van der Waals surface area contributed by atoms with E-state index in [9.17, 15) is 9.59 Å². The maximum Gasteiger partial charge on any atom is 0.162 e. The van der Waals surface area contributed by atoms with Gasteiger partial charge < -0.3 is 0 Å². The monoisotopic (exact) mass is 242 g/mol. The quantitative estimate of drug-likeness (QED) is 0.739. The maximum absolute atomic E-state index is 11.9. The van der Waals surface area contributed by atoms with Crippen LogP contribution in [-0.4, -0.2) is 11.6 Å². The SMILES string of the molecule is Cc1ccc(C(=O)CCCC2=CCCC2=O)cc1. The summed E-state index contributed by atoms with van der Waals surface area (Å²) in [5.41, 5.74) is 2.85. The van der Waals surface area contributed by atoms with Gasteiger partial charge >= 0.3 is 0 Å². The molecule has 2 heteroatoms. The van der Waals surface area contributed by atoms with E-state index in [1.54, 1.807) is 0 Å². The second-order valence-corrected chi connectivity index (χ2v) is 4.83. The van der Waals surface area contributed by atoms with Crippen LogP contribution < -0.4 is 0 Å². The minimum atomic E-state index is 0.168. The van der Waals surface area contributed by atoms with Crippen molar-refractivity contribution in [1.29, 1.82) is 0 Å². The van der Waals surface area contributed by atoms with E-state index in [4.69, 9.17) is 0 Å². The Labute approximate surface area is 108 Å². The van der Waals surface area contributed by atoms with Crippen molar-refractivity contribution in [2.75, 3.05) is 0 Å². The molecule has 0 radical (unpaired) electrons. The number of benzene rings is 1. The van der Waals surface area contributed by atoms with Crippen LogP contribution in [0.15, 0.2) is 35.9 Å². The Morgan fingerprint density at radius 2 is 1.94 bits per heavy atom. The van der Waals surface area contributed by atoms with E-state index >= 15 is 0 Å². The first kappa shape index (κ1) is 12.7. The number of carbonyl (C=O) groups is 2. The summed E-state index contributed by atoms with van der Waals surface area (Å²) in [5.74, 6) is 0.429. The van der Waals surface area contributed by atoms with Crippen LogP contribution in [0.4, 0.5) is 0 Å². The lowest BCUT2D eigenvalue weighted by molar-refractivity contribution is -0.115. The van der Waals surface area contributed by atoms with E-state index in [1.807, 2.05) is 37.3 Å². The molecule has 0 aliphatic heterocycles. The molecular formula is C16H18O2. The zero-order valence-corrected chi connectivity index (χ0v) is 10.7. The van der Waals surface area contributed by atoms with Crippen LogP contribution in [-0.2, 0) is 4.79 Å². The number of hydrogen-bond acceptors (Lipinski definition) is 2. The smallest absolute Gasteiger partial charge is 0.162 e. The van der Waals surface area contributed by atoms with Gasteiger partial charge in [0, 0.05) is 18.4 Å². The number of ketones is 2. The Hall–Kier alpha value is -1.70. The molecule has 0 amide bonds. The lowest BCUT2D eigenvalue weighted by atomic mass is 10.0. The van der Waals surface area contributed by atoms with Gasteiger partial charge in [-0.15, -0.1) is 0 Å². The van der Waals surface area contributed by atoms with Crippen LogP contribution in [0.3, 0.4) is 0 Å². The Morgan fingerprint density at radius 1 is 1.22 bits per heavy atom. The predicted octanol–water partition coefficient (Wildman–Crippen LogP) is 3.64. The fraction of sp³-hybridized carbons (Fsp3) is 0.375. The Kier molecular flexibility index (Phi) is 4.08. The third-order valence-electron chi connectivity index (χ3n) is 3.34. The number of hydrogen-bond donors (Lipinski definition) is 0. The molecule has 2 rings (SSSR count). The van der Waals surface area contributed by atoms with Crippen LogP contribution in [0.25, 0.3) is 0 Å². The van der Waals surface area contributed by atoms with Gasteiger partial charge in [0.05, 0.1) is 0 Å². The number of aryl methyl sites for hydroxylation is 1. The topological polar surface area (TPSA) is 34.1 Å². The van der Waals surface area contributed by atoms with Crippen molar-refractivity contribution in [2.24, 2.45) is 0 Å². The summed E-state index contributed by atoms with van der Waals surface area (Å²) in [6.07, 6.45) is 5.58. The third-order valence-corrected chi connectivity index (χ3v) is 3.34. The molecule has 0 bridgehead atoms. The Bertz CT molecular complexity index is 480. The number of rotatable bonds is 5. The summed E-state index contributed by atoms with van der Waals surface area (Å²) < 4.78 is 0. The highest BCUT2D eigenvalue weighted by atomic mass is 16.1. The van der Waals surface area contributed by atoms with Crippen molar-refractivity contribution in [3.63, 3.8) is 0 Å². The molecule has 0 fully saturated rings. The van der Waals surface area contributed by atoms with Gasteiger partial charge in [0.1, 0.15) is 0 Å². The van der Waals surface area contributed by atoms with Crippen LogP contribution in [0.2, 0.25) is 0 Å². The molecule has 0 N–H and O–H groups in total. The molecular weight excluding hydrogens is 224 g/mol. The van der Waals surface area contributed by atoms with E-state index in [0.717, 1.165) is 36.0 Å². The normalized spacial score (nSPS) is 14.7. The summed E-state index contributed by atoms with van der Waals surface area (Å²) in [6.45, 7) is 2.01. The molecule has 1 aliphatic rings. The third kappa shape index (κ3) is 3.16. The minimum absolute atomic E-state index is 0.168. The van der Waals surface area contributed by atoms with Gasteiger partial charge in [-0.25, -0.2) is 0 Å². The molecule has 0 saturated carbocycles.